The minimum absolute atomic E-state index is 0.0710. The SMILES string of the molecule is Cn1nc(OC(F)(F)F)cc1CC(=S)C[C@H]1CCc2sc(CC(=O)C3CC3)c(C(=O)NCC3CC3)c2C1. The average molecular weight is 554 g/mol. The molecule has 0 aromatic carbocycles. The fourth-order valence-corrected chi connectivity index (χ4v) is 6.78. The number of rotatable bonds is 11. The van der Waals surface area contributed by atoms with Crippen molar-refractivity contribution in [2.75, 3.05) is 6.54 Å². The first-order valence-electron chi connectivity index (χ1n) is 12.8. The minimum atomic E-state index is -4.79. The Morgan fingerprint density at radius 3 is 2.62 bits per heavy atom. The summed E-state index contributed by atoms with van der Waals surface area (Å²) >= 11 is 7.24. The standard InChI is InChI=1S/C26H30F3N3O3S2/c1-32-17(11-23(31-32)35-26(27,28)29)10-18(36)8-15-4-7-21-19(9-15)24(25(34)30-13-14-2-3-14)22(37-21)12-20(33)16-5-6-16/h11,14-16H,2-10,12-13H2,1H3,(H,30,34)/t15-/m1/s1. The molecule has 11 heteroatoms. The monoisotopic (exact) mass is 553 g/mol. The molecule has 1 amide bonds. The number of carbonyl (C=O) groups is 2. The van der Waals surface area contributed by atoms with E-state index in [1.54, 1.807) is 18.4 Å². The summed E-state index contributed by atoms with van der Waals surface area (Å²) in [4.78, 5) is 28.7. The summed E-state index contributed by atoms with van der Waals surface area (Å²) in [7, 11) is 1.57. The molecule has 0 saturated heterocycles. The van der Waals surface area contributed by atoms with Crippen LogP contribution in [0, 0.1) is 17.8 Å². The van der Waals surface area contributed by atoms with Crippen molar-refractivity contribution in [3.8, 4) is 5.88 Å². The zero-order chi connectivity index (χ0) is 26.3. The highest BCUT2D eigenvalue weighted by Crippen LogP contribution is 2.40. The number of ether oxygens (including phenoxy) is 1. The summed E-state index contributed by atoms with van der Waals surface area (Å²) < 4.78 is 42.9. The molecule has 3 aliphatic rings. The molecule has 1 atom stereocenters. The van der Waals surface area contributed by atoms with Crippen LogP contribution in [0.4, 0.5) is 13.2 Å². The average Bonchev–Trinajstić information content (AvgIpc) is 3.72. The van der Waals surface area contributed by atoms with Gasteiger partial charge in [0.05, 0.1) is 5.56 Å². The van der Waals surface area contributed by atoms with Crippen LogP contribution in [0.2, 0.25) is 0 Å². The van der Waals surface area contributed by atoms with E-state index in [0.717, 1.165) is 53.8 Å². The van der Waals surface area contributed by atoms with Gasteiger partial charge in [-0.3, -0.25) is 14.3 Å². The molecule has 6 nitrogen and oxygen atoms in total. The number of halogens is 3. The van der Waals surface area contributed by atoms with Crippen LogP contribution in [0.1, 0.15) is 69.9 Å². The van der Waals surface area contributed by atoms with Crippen LogP contribution in [0.3, 0.4) is 0 Å². The van der Waals surface area contributed by atoms with Crippen LogP contribution in [-0.4, -0.2) is 39.2 Å². The smallest absolute Gasteiger partial charge is 0.386 e. The number of nitrogens with one attached hydrogen (secondary N) is 1. The maximum absolute atomic E-state index is 13.3. The van der Waals surface area contributed by atoms with Gasteiger partial charge in [-0.05, 0) is 73.6 Å². The molecule has 0 unspecified atom stereocenters. The predicted octanol–water partition coefficient (Wildman–Crippen LogP) is 5.15. The van der Waals surface area contributed by atoms with E-state index >= 15 is 0 Å². The number of aryl methyl sites for hydroxylation is 2. The summed E-state index contributed by atoms with van der Waals surface area (Å²) in [5.74, 6) is 0.616. The Balaban J connectivity index is 1.26. The Hall–Kier alpha value is -2.27. The Labute approximate surface area is 222 Å². The zero-order valence-corrected chi connectivity index (χ0v) is 22.3. The first-order chi connectivity index (χ1) is 17.6. The number of Topliss-reactive ketones (excluding diaryl/α,β-unsaturated/α-hetero) is 1. The molecule has 200 valence electrons. The second-order valence-electron chi connectivity index (χ2n) is 10.5. The summed E-state index contributed by atoms with van der Waals surface area (Å²) in [6.07, 6.45) is 3.16. The topological polar surface area (TPSA) is 73.2 Å². The molecule has 0 spiro atoms. The van der Waals surface area contributed by atoms with E-state index in [4.69, 9.17) is 12.2 Å². The number of amides is 1. The number of thiocarbonyl (C=S) groups is 1. The van der Waals surface area contributed by atoms with Gasteiger partial charge in [0, 0.05) is 53.9 Å². The van der Waals surface area contributed by atoms with Gasteiger partial charge in [-0.1, -0.05) is 12.2 Å². The first-order valence-corrected chi connectivity index (χ1v) is 14.0. The molecule has 2 saturated carbocycles. The Morgan fingerprint density at radius 2 is 1.95 bits per heavy atom. The number of ketones is 1. The van der Waals surface area contributed by atoms with Crippen molar-refractivity contribution in [2.24, 2.45) is 24.8 Å². The molecule has 37 heavy (non-hydrogen) atoms. The van der Waals surface area contributed by atoms with Gasteiger partial charge >= 0.3 is 6.36 Å². The van der Waals surface area contributed by atoms with Crippen LogP contribution in [-0.2, 0) is 37.5 Å². The van der Waals surface area contributed by atoms with E-state index in [9.17, 15) is 22.8 Å². The lowest BCUT2D eigenvalue weighted by Gasteiger charge is -2.23. The van der Waals surface area contributed by atoms with Gasteiger partial charge < -0.3 is 10.1 Å². The van der Waals surface area contributed by atoms with Crippen LogP contribution < -0.4 is 10.1 Å². The second kappa shape index (κ2) is 10.5. The minimum Gasteiger partial charge on any atom is -0.386 e. The lowest BCUT2D eigenvalue weighted by molar-refractivity contribution is -0.276. The lowest BCUT2D eigenvalue weighted by atomic mass is 9.82. The molecule has 0 bridgehead atoms. The number of hydrogen-bond acceptors (Lipinski definition) is 6. The number of thiophene rings is 1. The third kappa shape index (κ3) is 6.79. The van der Waals surface area contributed by atoms with Crippen LogP contribution >= 0.6 is 23.6 Å². The third-order valence-electron chi connectivity index (χ3n) is 7.35. The van der Waals surface area contributed by atoms with Crippen LogP contribution in [0.15, 0.2) is 6.07 Å². The summed E-state index contributed by atoms with van der Waals surface area (Å²) in [6.45, 7) is 0.678. The molecular formula is C26H30F3N3O3S2. The Kier molecular flexibility index (Phi) is 7.46. The number of carbonyl (C=O) groups excluding carboxylic acids is 2. The van der Waals surface area contributed by atoms with Gasteiger partial charge in [-0.15, -0.1) is 29.6 Å². The van der Waals surface area contributed by atoms with Crippen molar-refractivity contribution >= 4 is 40.1 Å². The molecule has 2 aromatic rings. The summed E-state index contributed by atoms with van der Waals surface area (Å²) in [5.41, 5.74) is 2.31. The van der Waals surface area contributed by atoms with Crippen molar-refractivity contribution in [3.63, 3.8) is 0 Å². The van der Waals surface area contributed by atoms with E-state index < -0.39 is 12.2 Å². The van der Waals surface area contributed by atoms with Crippen molar-refractivity contribution in [1.29, 1.82) is 0 Å². The van der Waals surface area contributed by atoms with Crippen molar-refractivity contribution < 1.29 is 27.5 Å². The van der Waals surface area contributed by atoms with E-state index in [1.807, 2.05) is 0 Å². The van der Waals surface area contributed by atoms with Crippen molar-refractivity contribution in [2.45, 2.75) is 70.6 Å². The molecule has 2 heterocycles. The number of nitrogens with zero attached hydrogens (tertiary/aromatic N) is 2. The third-order valence-corrected chi connectivity index (χ3v) is 8.95. The van der Waals surface area contributed by atoms with E-state index in [1.165, 1.54) is 15.6 Å². The number of aromatic nitrogens is 2. The molecule has 0 aliphatic heterocycles. The second-order valence-corrected chi connectivity index (χ2v) is 12.3. The molecular weight excluding hydrogens is 523 g/mol. The molecule has 3 aliphatic carbocycles. The van der Waals surface area contributed by atoms with Gasteiger partial charge in [0.15, 0.2) is 0 Å². The fraction of sp³-hybridized carbons (Fsp3) is 0.615. The van der Waals surface area contributed by atoms with Crippen LogP contribution in [0.5, 0.6) is 5.88 Å². The maximum Gasteiger partial charge on any atom is 0.574 e. The quantitative estimate of drug-likeness (QED) is 0.390. The molecule has 5 rings (SSSR count). The van der Waals surface area contributed by atoms with E-state index in [0.29, 0.717) is 49.4 Å². The Bertz CT molecular complexity index is 1210. The van der Waals surface area contributed by atoms with Gasteiger partial charge in [0.1, 0.15) is 5.78 Å². The molecule has 2 aromatic heterocycles. The normalized spacial score (nSPS) is 19.4. The maximum atomic E-state index is 13.3. The number of hydrogen-bond donors (Lipinski definition) is 1. The highest BCUT2D eigenvalue weighted by Gasteiger charge is 2.35. The highest BCUT2D eigenvalue weighted by atomic mass is 32.1. The van der Waals surface area contributed by atoms with E-state index in [2.05, 4.69) is 15.2 Å². The summed E-state index contributed by atoms with van der Waals surface area (Å²) in [5, 5.41) is 6.88. The molecule has 1 N–H and O–H groups in total. The van der Waals surface area contributed by atoms with Gasteiger partial charge in [-0.25, -0.2) is 0 Å². The van der Waals surface area contributed by atoms with Gasteiger partial charge in [-0.2, -0.15) is 0 Å². The van der Waals surface area contributed by atoms with Crippen molar-refractivity contribution in [3.05, 3.63) is 32.6 Å². The van der Waals surface area contributed by atoms with Gasteiger partial charge in [0.25, 0.3) is 5.91 Å². The Morgan fingerprint density at radius 1 is 1.19 bits per heavy atom. The molecule has 0 radical (unpaired) electrons. The largest absolute Gasteiger partial charge is 0.574 e. The predicted molar refractivity (Wildman–Crippen MR) is 137 cm³/mol. The van der Waals surface area contributed by atoms with Crippen LogP contribution in [0.25, 0.3) is 0 Å². The number of fused-ring (bicyclic) bond motifs is 1. The van der Waals surface area contributed by atoms with E-state index in [-0.39, 0.29) is 23.5 Å². The van der Waals surface area contributed by atoms with Crippen molar-refractivity contribution in [1.82, 2.24) is 15.1 Å². The highest BCUT2D eigenvalue weighted by molar-refractivity contribution is 7.80. The number of alkyl halides is 3. The fourth-order valence-electron chi connectivity index (χ4n) is 5.04. The first kappa shape index (κ1) is 26.3. The molecule has 2 fully saturated rings. The van der Waals surface area contributed by atoms with Gasteiger partial charge in [0.2, 0.25) is 5.88 Å². The summed E-state index contributed by atoms with van der Waals surface area (Å²) in [6, 6.07) is 1.27. The zero-order valence-electron chi connectivity index (χ0n) is 20.7. The lowest BCUT2D eigenvalue weighted by Crippen LogP contribution is -2.28.